The number of benzene rings is 2. The highest BCUT2D eigenvalue weighted by Crippen LogP contribution is 2.28. The summed E-state index contributed by atoms with van der Waals surface area (Å²) in [6.45, 7) is 3.01. The predicted octanol–water partition coefficient (Wildman–Crippen LogP) is 3.44. The zero-order valence-corrected chi connectivity index (χ0v) is 17.8. The van der Waals surface area contributed by atoms with Crippen molar-refractivity contribution in [1.29, 1.82) is 0 Å². The minimum atomic E-state index is -3.47. The van der Waals surface area contributed by atoms with Gasteiger partial charge >= 0.3 is 0 Å². The van der Waals surface area contributed by atoms with Crippen LogP contribution in [0.1, 0.15) is 36.8 Å². The Bertz CT molecular complexity index is 887. The van der Waals surface area contributed by atoms with Crippen LogP contribution < -0.4 is 10.0 Å². The number of amides is 1. The molecule has 1 aliphatic carbocycles. The van der Waals surface area contributed by atoms with Crippen molar-refractivity contribution in [2.75, 3.05) is 13.1 Å². The number of nitrogens with one attached hydrogen (secondary N) is 2. The first-order chi connectivity index (χ1) is 13.9. The molecular weight excluding hydrogens is 384 g/mol. The van der Waals surface area contributed by atoms with E-state index in [1.807, 2.05) is 25.1 Å². The summed E-state index contributed by atoms with van der Waals surface area (Å²) in [4.78, 5) is 12.7. The van der Waals surface area contributed by atoms with Gasteiger partial charge in [0.05, 0.1) is 4.90 Å². The Hall–Kier alpha value is -2.18. The molecule has 2 N–H and O–H groups in total. The molecule has 0 bridgehead atoms. The fourth-order valence-corrected chi connectivity index (χ4v) is 4.89. The number of rotatable bonds is 8. The normalized spacial score (nSPS) is 19.6. The Kier molecular flexibility index (Phi) is 7.45. The summed E-state index contributed by atoms with van der Waals surface area (Å²) in [6, 6.07) is 17.0. The Morgan fingerprint density at radius 2 is 1.62 bits per heavy atom. The molecule has 29 heavy (non-hydrogen) atoms. The first-order valence-corrected chi connectivity index (χ1v) is 11.8. The van der Waals surface area contributed by atoms with Gasteiger partial charge in [-0.05, 0) is 62.6 Å². The Morgan fingerprint density at radius 1 is 0.966 bits per heavy atom. The molecule has 0 radical (unpaired) electrons. The van der Waals surface area contributed by atoms with Crippen molar-refractivity contribution in [3.63, 3.8) is 0 Å². The Morgan fingerprint density at radius 3 is 2.28 bits per heavy atom. The molecule has 0 atom stereocenters. The zero-order chi connectivity index (χ0) is 20.7. The zero-order valence-electron chi connectivity index (χ0n) is 16.9. The molecule has 156 valence electrons. The summed E-state index contributed by atoms with van der Waals surface area (Å²) in [5, 5.41) is 3.05. The lowest BCUT2D eigenvalue weighted by atomic mass is 9.81. The van der Waals surface area contributed by atoms with E-state index in [1.54, 1.807) is 24.3 Å². The lowest BCUT2D eigenvalue weighted by Crippen LogP contribution is -2.36. The van der Waals surface area contributed by atoms with Gasteiger partial charge in [0.2, 0.25) is 15.9 Å². The summed E-state index contributed by atoms with van der Waals surface area (Å²) in [6.07, 6.45) is 4.20. The molecule has 0 saturated heterocycles. The van der Waals surface area contributed by atoms with Crippen molar-refractivity contribution < 1.29 is 13.2 Å². The van der Waals surface area contributed by atoms with Crippen molar-refractivity contribution in [2.45, 2.75) is 43.9 Å². The quantitative estimate of drug-likeness (QED) is 0.695. The van der Waals surface area contributed by atoms with E-state index in [4.69, 9.17) is 0 Å². The van der Waals surface area contributed by atoms with Crippen LogP contribution in [0, 0.1) is 18.8 Å². The van der Waals surface area contributed by atoms with Crippen LogP contribution in [-0.2, 0) is 21.2 Å². The highest BCUT2D eigenvalue weighted by atomic mass is 32.2. The lowest BCUT2D eigenvalue weighted by Gasteiger charge is -2.28. The molecule has 3 rings (SSSR count). The van der Waals surface area contributed by atoms with Crippen LogP contribution in [0.25, 0.3) is 0 Å². The predicted molar refractivity (Wildman–Crippen MR) is 115 cm³/mol. The maximum Gasteiger partial charge on any atom is 0.240 e. The van der Waals surface area contributed by atoms with Gasteiger partial charge in [0.1, 0.15) is 0 Å². The van der Waals surface area contributed by atoms with E-state index < -0.39 is 10.0 Å². The van der Waals surface area contributed by atoms with Crippen LogP contribution in [0.3, 0.4) is 0 Å². The van der Waals surface area contributed by atoms with Crippen molar-refractivity contribution in [2.24, 2.45) is 11.8 Å². The van der Waals surface area contributed by atoms with E-state index in [-0.39, 0.29) is 17.7 Å². The van der Waals surface area contributed by atoms with Gasteiger partial charge in [-0.25, -0.2) is 13.1 Å². The number of hydrogen-bond acceptors (Lipinski definition) is 3. The van der Waals surface area contributed by atoms with Gasteiger partial charge in [0.25, 0.3) is 0 Å². The fraction of sp³-hybridized carbons (Fsp3) is 0.435. The second kappa shape index (κ2) is 10.0. The van der Waals surface area contributed by atoms with Crippen LogP contribution in [0.5, 0.6) is 0 Å². The van der Waals surface area contributed by atoms with Crippen molar-refractivity contribution in [1.82, 2.24) is 10.0 Å². The molecule has 1 saturated carbocycles. The summed E-state index contributed by atoms with van der Waals surface area (Å²) >= 11 is 0. The molecule has 1 aliphatic rings. The standard InChI is InChI=1S/C23H30N2O3S/c1-18-7-13-22(14-8-18)29(27,28)25-17-20-9-11-21(12-10-20)23(26)24-16-15-19-5-3-2-4-6-19/h2-8,13-14,20-21,25H,9-12,15-17H2,1H3,(H,24,26). The average molecular weight is 415 g/mol. The molecule has 0 aliphatic heterocycles. The van der Waals surface area contributed by atoms with Crippen LogP contribution in [-0.4, -0.2) is 27.4 Å². The van der Waals surface area contributed by atoms with E-state index in [2.05, 4.69) is 22.2 Å². The highest BCUT2D eigenvalue weighted by molar-refractivity contribution is 7.89. The monoisotopic (exact) mass is 414 g/mol. The van der Waals surface area contributed by atoms with Gasteiger partial charge in [-0.2, -0.15) is 0 Å². The molecule has 1 fully saturated rings. The summed E-state index contributed by atoms with van der Waals surface area (Å²) in [5.41, 5.74) is 2.25. The van der Waals surface area contributed by atoms with Crippen molar-refractivity contribution in [3.8, 4) is 0 Å². The number of sulfonamides is 1. The topological polar surface area (TPSA) is 75.3 Å². The minimum Gasteiger partial charge on any atom is -0.356 e. The van der Waals surface area contributed by atoms with Crippen molar-refractivity contribution >= 4 is 15.9 Å². The van der Waals surface area contributed by atoms with E-state index in [1.165, 1.54) is 5.56 Å². The van der Waals surface area contributed by atoms with Crippen molar-refractivity contribution in [3.05, 3.63) is 65.7 Å². The average Bonchev–Trinajstić information content (AvgIpc) is 2.74. The Labute approximate surface area is 174 Å². The van der Waals surface area contributed by atoms with E-state index in [0.29, 0.717) is 18.0 Å². The molecule has 0 heterocycles. The van der Waals surface area contributed by atoms with Gasteiger partial charge in [-0.3, -0.25) is 4.79 Å². The molecule has 2 aromatic rings. The first kappa shape index (κ1) is 21.5. The SMILES string of the molecule is Cc1ccc(S(=O)(=O)NCC2CCC(C(=O)NCCc3ccccc3)CC2)cc1. The summed E-state index contributed by atoms with van der Waals surface area (Å²) in [7, 11) is -3.47. The second-order valence-electron chi connectivity index (χ2n) is 7.91. The third-order valence-electron chi connectivity index (χ3n) is 5.67. The summed E-state index contributed by atoms with van der Waals surface area (Å²) in [5.74, 6) is 0.443. The molecular formula is C23H30N2O3S. The van der Waals surface area contributed by atoms with E-state index in [9.17, 15) is 13.2 Å². The molecule has 5 nitrogen and oxygen atoms in total. The first-order valence-electron chi connectivity index (χ1n) is 10.3. The second-order valence-corrected chi connectivity index (χ2v) is 9.68. The van der Waals surface area contributed by atoms with E-state index in [0.717, 1.165) is 37.7 Å². The third-order valence-corrected chi connectivity index (χ3v) is 7.11. The number of carbonyl (C=O) groups excluding carboxylic acids is 1. The molecule has 6 heteroatoms. The van der Waals surface area contributed by atoms with Crippen LogP contribution >= 0.6 is 0 Å². The van der Waals surface area contributed by atoms with Crippen LogP contribution in [0.2, 0.25) is 0 Å². The smallest absolute Gasteiger partial charge is 0.240 e. The van der Waals surface area contributed by atoms with Gasteiger partial charge in [-0.1, -0.05) is 48.0 Å². The molecule has 1 amide bonds. The molecule has 2 aromatic carbocycles. The van der Waals surface area contributed by atoms with Gasteiger partial charge < -0.3 is 5.32 Å². The fourth-order valence-electron chi connectivity index (χ4n) is 3.78. The highest BCUT2D eigenvalue weighted by Gasteiger charge is 2.27. The molecule has 0 spiro atoms. The number of hydrogen-bond donors (Lipinski definition) is 2. The number of aryl methyl sites for hydroxylation is 1. The number of carbonyl (C=O) groups is 1. The van der Waals surface area contributed by atoms with E-state index >= 15 is 0 Å². The summed E-state index contributed by atoms with van der Waals surface area (Å²) < 4.78 is 27.6. The largest absolute Gasteiger partial charge is 0.356 e. The van der Waals surface area contributed by atoms with Gasteiger partial charge in [0, 0.05) is 19.0 Å². The van der Waals surface area contributed by atoms with Crippen LogP contribution in [0.4, 0.5) is 0 Å². The molecule has 0 unspecified atom stereocenters. The van der Waals surface area contributed by atoms with Gasteiger partial charge in [0.15, 0.2) is 0 Å². The lowest BCUT2D eigenvalue weighted by molar-refractivity contribution is -0.126. The minimum absolute atomic E-state index is 0.0377. The molecule has 0 aromatic heterocycles. The van der Waals surface area contributed by atoms with Gasteiger partial charge in [-0.15, -0.1) is 0 Å². The Balaban J connectivity index is 1.38. The maximum absolute atomic E-state index is 12.4. The third kappa shape index (κ3) is 6.41. The van der Waals surface area contributed by atoms with Crippen LogP contribution in [0.15, 0.2) is 59.5 Å². The maximum atomic E-state index is 12.4.